The maximum Gasteiger partial charge on any atom is 0.407 e. The van der Waals surface area contributed by atoms with Crippen LogP contribution in [0, 0.1) is 0 Å². The van der Waals surface area contributed by atoms with E-state index in [0.717, 1.165) is 67.6 Å². The van der Waals surface area contributed by atoms with Crippen LogP contribution in [0.15, 0.2) is 42.5 Å². The quantitative estimate of drug-likeness (QED) is 0.104. The van der Waals surface area contributed by atoms with E-state index >= 15 is 0 Å². The van der Waals surface area contributed by atoms with Gasteiger partial charge in [-0.25, -0.2) is 19.6 Å². The number of likely N-dealkylation sites (tertiary alicyclic amines) is 2. The fraction of sp³-hybridized carbons (Fsp3) is 0.467. The molecule has 3 aromatic carbocycles. The van der Waals surface area contributed by atoms with Gasteiger partial charge in [-0.1, -0.05) is 29.8 Å². The summed E-state index contributed by atoms with van der Waals surface area (Å²) < 4.78 is 22.1. The molecule has 5 aromatic rings. The van der Waals surface area contributed by atoms with Crippen LogP contribution in [-0.2, 0) is 30.4 Å². The molecule has 63 heavy (non-hydrogen) atoms. The number of carbonyl (C=O) groups is 4. The van der Waals surface area contributed by atoms with E-state index in [2.05, 4.69) is 27.4 Å². The Hall–Kier alpha value is -5.91. The summed E-state index contributed by atoms with van der Waals surface area (Å²) in [5.74, 6) is 1.27. The molecule has 0 bridgehead atoms. The molecule has 0 aliphatic carbocycles. The van der Waals surface area contributed by atoms with Crippen LogP contribution in [0.2, 0.25) is 5.15 Å². The number of benzene rings is 3. The largest absolute Gasteiger partial charge is 0.488 e. The molecule has 2 aromatic heterocycles. The number of imidazole rings is 2. The zero-order valence-corrected chi connectivity index (χ0v) is 37.3. The number of carboxylic acid groups (broad SMARTS) is 1. The number of rotatable bonds is 11. The summed E-state index contributed by atoms with van der Waals surface area (Å²) in [5, 5.41) is 14.6. The summed E-state index contributed by atoms with van der Waals surface area (Å²) in [5.41, 5.74) is 5.90. The number of hydrogen-bond acceptors (Lipinski definition) is 10. The predicted molar refractivity (Wildman–Crippen MR) is 234 cm³/mol. The van der Waals surface area contributed by atoms with Crippen molar-refractivity contribution in [2.24, 2.45) is 0 Å². The lowest BCUT2D eigenvalue weighted by Crippen LogP contribution is -2.55. The maximum absolute atomic E-state index is 14.1. The summed E-state index contributed by atoms with van der Waals surface area (Å²) in [6.07, 6.45) is -0.425. The third-order valence-electron chi connectivity index (χ3n) is 13.2. The second-order valence-corrected chi connectivity index (χ2v) is 17.2. The van der Waals surface area contributed by atoms with Crippen LogP contribution in [0.25, 0.3) is 44.2 Å². The van der Waals surface area contributed by atoms with E-state index in [1.165, 1.54) is 28.4 Å². The first kappa shape index (κ1) is 43.7. The van der Waals surface area contributed by atoms with E-state index in [9.17, 15) is 24.3 Å². The molecule has 8 rings (SSSR count). The fourth-order valence-corrected chi connectivity index (χ4v) is 9.78. The Morgan fingerprint density at radius 1 is 0.873 bits per heavy atom. The first-order valence-electron chi connectivity index (χ1n) is 21.1. The van der Waals surface area contributed by atoms with Gasteiger partial charge >= 0.3 is 12.2 Å². The van der Waals surface area contributed by atoms with Crippen LogP contribution < -0.4 is 10.1 Å². The van der Waals surface area contributed by atoms with Gasteiger partial charge in [0, 0.05) is 49.9 Å². The molecule has 8 atom stereocenters. The molecule has 334 valence electrons. The third kappa shape index (κ3) is 7.80. The highest BCUT2D eigenvalue weighted by molar-refractivity contribution is 6.32. The second kappa shape index (κ2) is 17.3. The van der Waals surface area contributed by atoms with E-state index < -0.39 is 42.5 Å². The molecule has 0 radical (unpaired) electrons. The number of aromatic nitrogens is 4. The van der Waals surface area contributed by atoms with Crippen molar-refractivity contribution < 1.29 is 43.2 Å². The van der Waals surface area contributed by atoms with Crippen molar-refractivity contribution in [2.45, 2.75) is 108 Å². The molecular formula is C45H53ClN8O9. The number of hydrogen-bond donors (Lipinski definition) is 4. The molecule has 3 aliphatic rings. The number of carbonyl (C=O) groups excluding carboxylic acids is 3. The number of fused-ring (bicyclic) bond motifs is 6. The van der Waals surface area contributed by atoms with Crippen LogP contribution in [0.5, 0.6) is 5.75 Å². The third-order valence-corrected chi connectivity index (χ3v) is 13.4. The van der Waals surface area contributed by atoms with Gasteiger partial charge in [0.25, 0.3) is 0 Å². The van der Waals surface area contributed by atoms with E-state index in [0.29, 0.717) is 36.8 Å². The maximum atomic E-state index is 14.1. The summed E-state index contributed by atoms with van der Waals surface area (Å²) in [7, 11) is 5.58. The van der Waals surface area contributed by atoms with Gasteiger partial charge in [-0.15, -0.1) is 0 Å². The van der Waals surface area contributed by atoms with Crippen LogP contribution in [0.1, 0.15) is 82.7 Å². The number of likely N-dealkylation sites (N-methyl/N-ethyl adjacent to an activating group) is 1. The summed E-state index contributed by atoms with van der Waals surface area (Å²) in [4.78, 5) is 73.4. The number of halogens is 1. The summed E-state index contributed by atoms with van der Waals surface area (Å²) in [6, 6.07) is 11.2. The molecule has 3 aliphatic heterocycles. The molecule has 0 spiro atoms. The zero-order valence-electron chi connectivity index (χ0n) is 36.5. The van der Waals surface area contributed by atoms with Crippen LogP contribution in [0.3, 0.4) is 0 Å². The standard InChI is InChI=1S/C45H53ClN8O9/c1-21-9-16-33(53(21)42(55)35(23(3)60-6)50-44(57)62-8)41-48-36(39(46)51-41)26-11-13-28-27(17-26)20-63-34-19-29-25(18-30(28)34)12-14-31-37(29)49-40(47-31)32-15-10-22(2)54(32)43(56)38(24(4)61-7)52(5)45(58)59/h11-14,17-19,21-24,32-33,35,38H,9-10,15-16,20H2,1-8H3,(H,47,49)(H,48,51)(H,50,57)(H,58,59)/t21-,22-,23?,24+,32-,33-,35-,38-/m0/s1. The Morgan fingerprint density at radius 2 is 1.54 bits per heavy atom. The van der Waals surface area contributed by atoms with Crippen molar-refractivity contribution in [2.75, 3.05) is 28.4 Å². The van der Waals surface area contributed by atoms with Crippen molar-refractivity contribution >= 4 is 57.4 Å². The van der Waals surface area contributed by atoms with Gasteiger partial charge in [0.1, 0.15) is 36.1 Å². The monoisotopic (exact) mass is 884 g/mol. The van der Waals surface area contributed by atoms with E-state index in [4.69, 9.17) is 40.5 Å². The minimum Gasteiger partial charge on any atom is -0.488 e. The summed E-state index contributed by atoms with van der Waals surface area (Å²) >= 11 is 6.83. The average molecular weight is 885 g/mol. The molecule has 0 saturated carbocycles. The number of alkyl carbamates (subject to hydrolysis) is 1. The Morgan fingerprint density at radius 3 is 2.19 bits per heavy atom. The van der Waals surface area contributed by atoms with Gasteiger partial charge in [0.2, 0.25) is 11.8 Å². The van der Waals surface area contributed by atoms with Crippen LogP contribution >= 0.6 is 11.6 Å². The van der Waals surface area contributed by atoms with E-state index in [1.807, 2.05) is 44.2 Å². The minimum absolute atomic E-state index is 0.126. The molecule has 2 fully saturated rings. The number of aromatic amines is 2. The smallest absolute Gasteiger partial charge is 0.407 e. The van der Waals surface area contributed by atoms with Gasteiger partial charge in [0.05, 0.1) is 48.1 Å². The Labute approximate surface area is 369 Å². The normalized spacial score (nSPS) is 21.3. The number of H-pyrrole nitrogens is 2. The molecular weight excluding hydrogens is 832 g/mol. The lowest BCUT2D eigenvalue weighted by molar-refractivity contribution is -0.143. The molecule has 18 heteroatoms. The number of ether oxygens (including phenoxy) is 4. The average Bonchev–Trinajstić information content (AvgIpc) is 4.08. The van der Waals surface area contributed by atoms with Crippen molar-refractivity contribution in [3.63, 3.8) is 0 Å². The number of amides is 4. The van der Waals surface area contributed by atoms with E-state index in [1.54, 1.807) is 23.6 Å². The highest BCUT2D eigenvalue weighted by Crippen LogP contribution is 2.45. The van der Waals surface area contributed by atoms with Gasteiger partial charge < -0.3 is 49.1 Å². The molecule has 4 amide bonds. The molecule has 4 N–H and O–H groups in total. The van der Waals surface area contributed by atoms with Crippen LogP contribution in [-0.4, -0.2) is 128 Å². The number of nitrogens with zero attached hydrogens (tertiary/aromatic N) is 5. The number of nitrogens with one attached hydrogen (secondary N) is 3. The lowest BCUT2D eigenvalue weighted by Gasteiger charge is -2.36. The minimum atomic E-state index is -1.21. The van der Waals surface area contributed by atoms with Crippen molar-refractivity contribution in [3.8, 4) is 28.1 Å². The Kier molecular flexibility index (Phi) is 12.0. The number of methoxy groups -OCH3 is 3. The highest BCUT2D eigenvalue weighted by Gasteiger charge is 2.45. The topological polar surface area (TPSA) is 205 Å². The first-order chi connectivity index (χ1) is 30.1. The predicted octanol–water partition coefficient (Wildman–Crippen LogP) is 7.20. The fourth-order valence-electron chi connectivity index (χ4n) is 9.54. The molecule has 17 nitrogen and oxygen atoms in total. The van der Waals surface area contributed by atoms with Crippen molar-refractivity contribution in [1.82, 2.24) is 40.0 Å². The lowest BCUT2D eigenvalue weighted by atomic mass is 9.92. The summed E-state index contributed by atoms with van der Waals surface area (Å²) in [6.45, 7) is 7.66. The second-order valence-electron chi connectivity index (χ2n) is 16.8. The van der Waals surface area contributed by atoms with Gasteiger partial charge in [0.15, 0.2) is 5.15 Å². The molecule has 2 saturated heterocycles. The zero-order chi connectivity index (χ0) is 45.0. The van der Waals surface area contributed by atoms with Crippen LogP contribution in [0.4, 0.5) is 9.59 Å². The highest BCUT2D eigenvalue weighted by atomic mass is 35.5. The Bertz CT molecular complexity index is 2600. The van der Waals surface area contributed by atoms with Gasteiger partial charge in [-0.2, -0.15) is 0 Å². The Balaban J connectivity index is 1.07. The van der Waals surface area contributed by atoms with E-state index in [-0.39, 0.29) is 35.1 Å². The molecule has 1 unspecified atom stereocenters. The van der Waals surface area contributed by atoms with Crippen molar-refractivity contribution in [1.29, 1.82) is 0 Å². The van der Waals surface area contributed by atoms with Crippen molar-refractivity contribution in [3.05, 3.63) is 64.8 Å². The SMILES string of the molecule is COC(=O)N[C@H](C(=O)N1[C@@H](C)CC[C@H]1c1nc(Cl)c(-c2ccc3c(c2)COc2cc4c(ccc5nc([C@@H]6CC[C@H](C)N6C(=O)[C@H]([C@@H](C)OC)N(C)C(=O)O)[nH]c54)cc2-3)[nH]1)C(C)OC. The molecule has 5 heterocycles. The van der Waals surface area contributed by atoms with Gasteiger partial charge in [-0.3, -0.25) is 14.5 Å². The van der Waals surface area contributed by atoms with Gasteiger partial charge in [-0.05, 0) is 94.2 Å². The first-order valence-corrected chi connectivity index (χ1v) is 21.5.